The second-order valence-corrected chi connectivity index (χ2v) is 8.53. The van der Waals surface area contributed by atoms with Gasteiger partial charge in [0.1, 0.15) is 6.61 Å². The molecule has 9 heteroatoms. The number of allylic oxidation sites excluding steroid dienone is 3. The third-order valence-electron chi connectivity index (χ3n) is 6.24. The molecule has 0 saturated heterocycles. The maximum Gasteiger partial charge on any atom is 0.471 e. The standard InChI is InChI=1S/C25H27F3N2O4/c1-23(2)19(17-8-5-4-6-9-17)10-7-13-24(23,15-31)16-34-20-12-11-18(21(30-20)33-3)14-29-22(32)25(26,27)28/h4-13,31H,14-16H2,1-3H3,(H,29,32). The lowest BCUT2D eigenvalue weighted by molar-refractivity contribution is -0.173. The summed E-state index contributed by atoms with van der Waals surface area (Å²) in [5, 5.41) is 12.2. The van der Waals surface area contributed by atoms with Gasteiger partial charge in [-0.15, -0.1) is 0 Å². The number of halogens is 3. The Morgan fingerprint density at radius 3 is 2.47 bits per heavy atom. The third-order valence-corrected chi connectivity index (χ3v) is 6.24. The molecule has 0 fully saturated rings. The molecule has 1 heterocycles. The van der Waals surface area contributed by atoms with Crippen molar-refractivity contribution in [3.63, 3.8) is 0 Å². The fraction of sp³-hybridized carbons (Fsp3) is 0.360. The first kappa shape index (κ1) is 25.3. The zero-order valence-corrected chi connectivity index (χ0v) is 19.1. The van der Waals surface area contributed by atoms with Crippen molar-refractivity contribution < 1.29 is 32.5 Å². The number of carbonyl (C=O) groups excluding carboxylic acids is 1. The monoisotopic (exact) mass is 476 g/mol. The Labute approximate surface area is 196 Å². The molecule has 3 rings (SSSR count). The minimum Gasteiger partial charge on any atom is -0.481 e. The number of aliphatic hydroxyl groups excluding tert-OH is 1. The van der Waals surface area contributed by atoms with Crippen molar-refractivity contribution in [1.82, 2.24) is 10.3 Å². The number of rotatable bonds is 8. The Bertz CT molecular complexity index is 1080. The summed E-state index contributed by atoms with van der Waals surface area (Å²) in [6.07, 6.45) is 0.857. The van der Waals surface area contributed by atoms with Crippen LogP contribution in [-0.4, -0.2) is 42.5 Å². The average molecular weight is 476 g/mol. The molecule has 0 radical (unpaired) electrons. The predicted octanol–water partition coefficient (Wildman–Crippen LogP) is 4.31. The van der Waals surface area contributed by atoms with E-state index in [4.69, 9.17) is 9.47 Å². The first-order chi connectivity index (χ1) is 16.0. The van der Waals surface area contributed by atoms with Crippen molar-refractivity contribution in [3.05, 3.63) is 71.8 Å². The molecule has 0 bridgehead atoms. The Kier molecular flexibility index (Phi) is 7.35. The number of nitrogens with one attached hydrogen (secondary N) is 1. The van der Waals surface area contributed by atoms with Gasteiger partial charge in [-0.1, -0.05) is 62.4 Å². The number of carbonyl (C=O) groups is 1. The van der Waals surface area contributed by atoms with Crippen molar-refractivity contribution >= 4 is 11.5 Å². The molecule has 1 atom stereocenters. The Balaban J connectivity index is 1.77. The van der Waals surface area contributed by atoms with Crippen LogP contribution in [0.2, 0.25) is 0 Å². The fourth-order valence-electron chi connectivity index (χ4n) is 3.94. The number of alkyl halides is 3. The highest BCUT2D eigenvalue weighted by Crippen LogP contribution is 2.52. The van der Waals surface area contributed by atoms with Crippen molar-refractivity contribution in [2.45, 2.75) is 26.6 Å². The topological polar surface area (TPSA) is 80.7 Å². The summed E-state index contributed by atoms with van der Waals surface area (Å²) >= 11 is 0. The fourth-order valence-corrected chi connectivity index (χ4v) is 3.94. The lowest BCUT2D eigenvalue weighted by atomic mass is 9.59. The van der Waals surface area contributed by atoms with Gasteiger partial charge < -0.3 is 19.9 Å². The second kappa shape index (κ2) is 9.89. The molecule has 1 aliphatic carbocycles. The second-order valence-electron chi connectivity index (χ2n) is 8.53. The summed E-state index contributed by atoms with van der Waals surface area (Å²) in [7, 11) is 1.32. The lowest BCUT2D eigenvalue weighted by Crippen LogP contribution is -2.46. The molecule has 1 aromatic heterocycles. The first-order valence-corrected chi connectivity index (χ1v) is 10.6. The average Bonchev–Trinajstić information content (AvgIpc) is 2.81. The van der Waals surface area contributed by atoms with Crippen LogP contribution in [0.3, 0.4) is 0 Å². The van der Waals surface area contributed by atoms with Crippen LogP contribution in [-0.2, 0) is 11.3 Å². The minimum absolute atomic E-state index is 0.0290. The number of hydrogen-bond donors (Lipinski definition) is 2. The molecular weight excluding hydrogens is 449 g/mol. The predicted molar refractivity (Wildman–Crippen MR) is 121 cm³/mol. The van der Waals surface area contributed by atoms with E-state index in [-0.39, 0.29) is 30.5 Å². The zero-order chi connectivity index (χ0) is 25.0. The third kappa shape index (κ3) is 5.09. The smallest absolute Gasteiger partial charge is 0.471 e. The highest BCUT2D eigenvalue weighted by molar-refractivity contribution is 5.81. The van der Waals surface area contributed by atoms with Crippen LogP contribution in [0.4, 0.5) is 13.2 Å². The van der Waals surface area contributed by atoms with Gasteiger partial charge in [-0.25, -0.2) is 0 Å². The van der Waals surface area contributed by atoms with E-state index in [0.29, 0.717) is 0 Å². The quantitative estimate of drug-likeness (QED) is 0.594. The number of aromatic nitrogens is 1. The largest absolute Gasteiger partial charge is 0.481 e. The Hall–Kier alpha value is -3.33. The molecule has 1 aromatic carbocycles. The van der Waals surface area contributed by atoms with Gasteiger partial charge >= 0.3 is 12.1 Å². The maximum absolute atomic E-state index is 12.4. The minimum atomic E-state index is -4.98. The van der Waals surface area contributed by atoms with E-state index >= 15 is 0 Å². The first-order valence-electron chi connectivity index (χ1n) is 10.6. The van der Waals surface area contributed by atoms with Crippen LogP contribution in [0.25, 0.3) is 5.57 Å². The molecule has 1 amide bonds. The van der Waals surface area contributed by atoms with E-state index in [2.05, 4.69) is 4.98 Å². The Morgan fingerprint density at radius 2 is 1.85 bits per heavy atom. The van der Waals surface area contributed by atoms with Gasteiger partial charge in [0.2, 0.25) is 11.8 Å². The normalized spacial score (nSPS) is 19.3. The van der Waals surface area contributed by atoms with Crippen LogP contribution in [0.5, 0.6) is 11.8 Å². The van der Waals surface area contributed by atoms with E-state index in [9.17, 15) is 23.1 Å². The molecule has 2 aromatic rings. The molecule has 0 spiro atoms. The van der Waals surface area contributed by atoms with Gasteiger partial charge in [-0.05, 0) is 17.2 Å². The van der Waals surface area contributed by atoms with Gasteiger partial charge in [-0.2, -0.15) is 18.2 Å². The summed E-state index contributed by atoms with van der Waals surface area (Å²) in [5.41, 5.74) is 1.09. The van der Waals surface area contributed by atoms with Crippen LogP contribution >= 0.6 is 0 Å². The van der Waals surface area contributed by atoms with Gasteiger partial charge in [0.05, 0.1) is 19.1 Å². The molecule has 6 nitrogen and oxygen atoms in total. The number of benzene rings is 1. The molecule has 2 N–H and O–H groups in total. The van der Waals surface area contributed by atoms with E-state index in [1.807, 2.05) is 62.4 Å². The highest BCUT2D eigenvalue weighted by atomic mass is 19.4. The number of amides is 1. The van der Waals surface area contributed by atoms with Crippen LogP contribution in [0.1, 0.15) is 25.0 Å². The molecule has 34 heavy (non-hydrogen) atoms. The number of ether oxygens (including phenoxy) is 2. The molecule has 0 aliphatic heterocycles. The van der Waals surface area contributed by atoms with E-state index in [1.165, 1.54) is 19.2 Å². The molecular formula is C25H27F3N2O4. The van der Waals surface area contributed by atoms with Gasteiger partial charge in [0, 0.05) is 23.6 Å². The summed E-state index contributed by atoms with van der Waals surface area (Å²) in [5.74, 6) is -1.84. The van der Waals surface area contributed by atoms with Crippen LogP contribution < -0.4 is 14.8 Å². The van der Waals surface area contributed by atoms with E-state index in [1.54, 1.807) is 5.32 Å². The van der Waals surface area contributed by atoms with Gasteiger partial charge in [-0.3, -0.25) is 4.79 Å². The number of hydrogen-bond acceptors (Lipinski definition) is 5. The molecule has 1 aliphatic rings. The van der Waals surface area contributed by atoms with Crippen LogP contribution in [0.15, 0.2) is 60.7 Å². The SMILES string of the molecule is COc1nc(OCC2(CO)C=CC=C(c3ccccc3)C2(C)C)ccc1CNC(=O)C(F)(F)F. The van der Waals surface area contributed by atoms with Gasteiger partial charge in [0.25, 0.3) is 0 Å². The number of pyridine rings is 1. The zero-order valence-electron chi connectivity index (χ0n) is 19.1. The number of nitrogens with zero attached hydrogens (tertiary/aromatic N) is 1. The van der Waals surface area contributed by atoms with Crippen LogP contribution in [0, 0.1) is 10.8 Å². The number of aliphatic hydroxyl groups is 1. The molecule has 182 valence electrons. The van der Waals surface area contributed by atoms with E-state index in [0.717, 1.165) is 11.1 Å². The number of methoxy groups -OCH3 is 1. The Morgan fingerprint density at radius 1 is 1.15 bits per heavy atom. The van der Waals surface area contributed by atoms with Crippen molar-refractivity contribution in [2.24, 2.45) is 10.8 Å². The van der Waals surface area contributed by atoms with Crippen molar-refractivity contribution in [2.75, 3.05) is 20.3 Å². The highest BCUT2D eigenvalue weighted by Gasteiger charge is 2.47. The van der Waals surface area contributed by atoms with Gasteiger partial charge in [0.15, 0.2) is 0 Å². The molecule has 1 unspecified atom stereocenters. The summed E-state index contributed by atoms with van der Waals surface area (Å²) in [4.78, 5) is 15.3. The van der Waals surface area contributed by atoms with E-state index < -0.39 is 29.5 Å². The lowest BCUT2D eigenvalue weighted by Gasteiger charge is -2.46. The summed E-state index contributed by atoms with van der Waals surface area (Å²) in [6.45, 7) is 3.58. The van der Waals surface area contributed by atoms with Crippen molar-refractivity contribution in [1.29, 1.82) is 0 Å². The summed E-state index contributed by atoms with van der Waals surface area (Å²) in [6, 6.07) is 12.8. The maximum atomic E-state index is 12.4. The van der Waals surface area contributed by atoms with Crippen molar-refractivity contribution in [3.8, 4) is 11.8 Å². The summed E-state index contributed by atoms with van der Waals surface area (Å²) < 4.78 is 48.4. The molecule has 0 saturated carbocycles.